The van der Waals surface area contributed by atoms with Crippen LogP contribution in [0.3, 0.4) is 0 Å². The second kappa shape index (κ2) is 6.30. The molecule has 0 N–H and O–H groups in total. The predicted molar refractivity (Wildman–Crippen MR) is 76.9 cm³/mol. The zero-order valence-corrected chi connectivity index (χ0v) is 11.7. The molecule has 0 radical (unpaired) electrons. The largest absolute Gasteiger partial charge is 0.334 e. The minimum Gasteiger partial charge on any atom is -0.334 e. The van der Waals surface area contributed by atoms with Gasteiger partial charge in [0.2, 0.25) is 0 Å². The van der Waals surface area contributed by atoms with E-state index in [4.69, 9.17) is 11.6 Å². The minimum atomic E-state index is -0.562. The molecular weight excluding hydrogens is 266 g/mol. The van der Waals surface area contributed by atoms with Crippen molar-refractivity contribution in [1.29, 1.82) is 0 Å². The van der Waals surface area contributed by atoms with Crippen LogP contribution in [0.2, 0.25) is 0 Å². The Morgan fingerprint density at radius 3 is 2.89 bits per heavy atom. The van der Waals surface area contributed by atoms with E-state index in [1.54, 1.807) is 0 Å². The summed E-state index contributed by atoms with van der Waals surface area (Å²) in [6.07, 6.45) is 3.86. The van der Waals surface area contributed by atoms with Gasteiger partial charge in [-0.05, 0) is 25.0 Å². The highest BCUT2D eigenvalue weighted by atomic mass is 35.5. The number of amides is 1. The zero-order chi connectivity index (χ0) is 13.0. The highest BCUT2D eigenvalue weighted by molar-refractivity contribution is 8.01. The molecule has 1 amide bonds. The monoisotopic (exact) mass is 281 g/mol. The fraction of sp³-hybridized carbons (Fsp3) is 0.357. The third-order valence-electron chi connectivity index (χ3n) is 3.03. The summed E-state index contributed by atoms with van der Waals surface area (Å²) < 4.78 is -0.562. The van der Waals surface area contributed by atoms with E-state index in [0.29, 0.717) is 0 Å². The van der Waals surface area contributed by atoms with Crippen LogP contribution in [0.25, 0.3) is 0 Å². The lowest BCUT2D eigenvalue weighted by atomic mass is 10.2. The molecule has 0 spiro atoms. The Hall–Kier alpha value is -0.930. The summed E-state index contributed by atoms with van der Waals surface area (Å²) >= 11 is 7.60. The van der Waals surface area contributed by atoms with Crippen LogP contribution in [0.5, 0.6) is 0 Å². The van der Waals surface area contributed by atoms with Crippen LogP contribution in [-0.4, -0.2) is 28.1 Å². The Morgan fingerprint density at radius 2 is 2.22 bits per heavy atom. The number of hydrogen-bond acceptors (Lipinski definition) is 2. The smallest absolute Gasteiger partial charge is 0.251 e. The van der Waals surface area contributed by atoms with Crippen molar-refractivity contribution in [2.75, 3.05) is 6.54 Å². The van der Waals surface area contributed by atoms with Crippen molar-refractivity contribution < 1.29 is 4.79 Å². The average Bonchev–Trinajstić information content (AvgIpc) is 2.87. The second-order valence-corrected chi connectivity index (χ2v) is 6.10. The Morgan fingerprint density at radius 1 is 1.50 bits per heavy atom. The van der Waals surface area contributed by atoms with Gasteiger partial charge in [-0.15, -0.1) is 6.58 Å². The number of thioether (sulfide) groups is 1. The summed E-state index contributed by atoms with van der Waals surface area (Å²) in [6.45, 7) is 4.56. The van der Waals surface area contributed by atoms with Gasteiger partial charge in [0.05, 0.1) is 0 Å². The molecule has 1 aromatic carbocycles. The first kappa shape index (κ1) is 13.5. The summed E-state index contributed by atoms with van der Waals surface area (Å²) in [7, 11) is 0. The second-order valence-electron chi connectivity index (χ2n) is 4.22. The van der Waals surface area contributed by atoms with Crippen molar-refractivity contribution in [3.05, 3.63) is 43.0 Å². The zero-order valence-electron chi connectivity index (χ0n) is 10.1. The van der Waals surface area contributed by atoms with Crippen molar-refractivity contribution in [3.8, 4) is 0 Å². The average molecular weight is 282 g/mol. The van der Waals surface area contributed by atoms with Gasteiger partial charge < -0.3 is 4.90 Å². The number of carbonyl (C=O) groups excluding carboxylic acids is 1. The maximum atomic E-state index is 12.2. The number of rotatable bonds is 4. The summed E-state index contributed by atoms with van der Waals surface area (Å²) in [5.74, 6) is -0.00656. The first-order valence-electron chi connectivity index (χ1n) is 6.01. The number of likely N-dealkylation sites (tertiary alicyclic amines) is 1. The highest BCUT2D eigenvalue weighted by Gasteiger charge is 2.30. The molecule has 0 aliphatic carbocycles. The summed E-state index contributed by atoms with van der Waals surface area (Å²) in [5.41, 5.74) is 0. The Bertz CT molecular complexity index is 423. The molecule has 1 aliphatic heterocycles. The van der Waals surface area contributed by atoms with Crippen molar-refractivity contribution in [2.45, 2.75) is 28.5 Å². The normalized spacial score (nSPS) is 20.7. The first-order chi connectivity index (χ1) is 8.72. The summed E-state index contributed by atoms with van der Waals surface area (Å²) in [4.78, 5) is 15.1. The molecule has 0 bridgehead atoms. The maximum Gasteiger partial charge on any atom is 0.251 e. The van der Waals surface area contributed by atoms with Crippen LogP contribution in [0.15, 0.2) is 47.9 Å². The van der Waals surface area contributed by atoms with Crippen LogP contribution in [-0.2, 0) is 4.79 Å². The van der Waals surface area contributed by atoms with E-state index in [2.05, 4.69) is 6.58 Å². The number of hydrogen-bond donors (Lipinski definition) is 0. The van der Waals surface area contributed by atoms with E-state index >= 15 is 0 Å². The van der Waals surface area contributed by atoms with Gasteiger partial charge in [0.1, 0.15) is 0 Å². The predicted octanol–water partition coefficient (Wildman–Crippen LogP) is 3.52. The number of carbonyl (C=O) groups is 1. The van der Waals surface area contributed by atoms with Crippen LogP contribution in [0.1, 0.15) is 12.8 Å². The number of alkyl halides is 1. The van der Waals surface area contributed by atoms with Gasteiger partial charge in [-0.25, -0.2) is 0 Å². The van der Waals surface area contributed by atoms with Gasteiger partial charge in [-0.2, -0.15) is 0 Å². The topological polar surface area (TPSA) is 20.3 Å². The Balaban J connectivity index is 1.98. The molecule has 1 heterocycles. The fourth-order valence-corrected chi connectivity index (χ4v) is 3.33. The fourth-order valence-electron chi connectivity index (χ4n) is 2.11. The van der Waals surface area contributed by atoms with Crippen LogP contribution in [0.4, 0.5) is 0 Å². The molecule has 1 unspecified atom stereocenters. The third-order valence-corrected chi connectivity index (χ3v) is 4.44. The van der Waals surface area contributed by atoms with E-state index in [1.807, 2.05) is 41.3 Å². The molecule has 0 aromatic heterocycles. The molecule has 1 saturated heterocycles. The van der Waals surface area contributed by atoms with E-state index in [0.717, 1.165) is 24.3 Å². The molecule has 2 atom stereocenters. The lowest BCUT2D eigenvalue weighted by Crippen LogP contribution is -2.38. The molecule has 1 aliphatic rings. The van der Waals surface area contributed by atoms with E-state index in [-0.39, 0.29) is 11.9 Å². The first-order valence-corrected chi connectivity index (χ1v) is 7.33. The van der Waals surface area contributed by atoms with Gasteiger partial charge in [-0.1, -0.05) is 47.6 Å². The SMILES string of the molecule is C=C[C@@H]1CCCN1C(=O)C(Cl)Sc1ccccc1. The minimum absolute atomic E-state index is 0.00656. The Kier molecular flexibility index (Phi) is 4.72. The van der Waals surface area contributed by atoms with E-state index in [9.17, 15) is 4.79 Å². The highest BCUT2D eigenvalue weighted by Crippen LogP contribution is 2.29. The maximum absolute atomic E-state index is 12.2. The van der Waals surface area contributed by atoms with Gasteiger partial charge in [0, 0.05) is 17.5 Å². The molecule has 2 nitrogen and oxygen atoms in total. The lowest BCUT2D eigenvalue weighted by molar-refractivity contribution is -0.129. The number of benzene rings is 1. The molecule has 18 heavy (non-hydrogen) atoms. The number of nitrogens with zero attached hydrogens (tertiary/aromatic N) is 1. The molecule has 1 aromatic rings. The van der Waals surface area contributed by atoms with Crippen LogP contribution < -0.4 is 0 Å². The standard InChI is InChI=1S/C14H16ClNOS/c1-2-11-7-6-10-16(11)14(17)13(15)18-12-8-4-3-5-9-12/h2-5,8-9,11,13H,1,6-7,10H2/t11-,13?/m1/s1. The summed E-state index contributed by atoms with van der Waals surface area (Å²) in [5, 5.41) is 0. The van der Waals surface area contributed by atoms with Crippen LogP contribution >= 0.6 is 23.4 Å². The van der Waals surface area contributed by atoms with Gasteiger partial charge in [0.15, 0.2) is 4.71 Å². The molecule has 1 fully saturated rings. The van der Waals surface area contributed by atoms with Crippen molar-refractivity contribution in [2.24, 2.45) is 0 Å². The van der Waals surface area contributed by atoms with Crippen molar-refractivity contribution in [1.82, 2.24) is 4.90 Å². The molecule has 4 heteroatoms. The Labute approximate surface area is 117 Å². The molecule has 2 rings (SSSR count). The summed E-state index contributed by atoms with van der Waals surface area (Å²) in [6, 6.07) is 9.90. The van der Waals surface area contributed by atoms with Crippen molar-refractivity contribution in [3.63, 3.8) is 0 Å². The molecule has 96 valence electrons. The molecular formula is C14H16ClNOS. The van der Waals surface area contributed by atoms with E-state index < -0.39 is 4.71 Å². The van der Waals surface area contributed by atoms with Crippen molar-refractivity contribution >= 4 is 29.3 Å². The van der Waals surface area contributed by atoms with Gasteiger partial charge >= 0.3 is 0 Å². The third kappa shape index (κ3) is 3.09. The quantitative estimate of drug-likeness (QED) is 0.478. The van der Waals surface area contributed by atoms with Crippen LogP contribution in [0, 0.1) is 0 Å². The molecule has 0 saturated carbocycles. The van der Waals surface area contributed by atoms with Gasteiger partial charge in [0.25, 0.3) is 5.91 Å². The van der Waals surface area contributed by atoms with Gasteiger partial charge in [-0.3, -0.25) is 4.79 Å². The lowest BCUT2D eigenvalue weighted by Gasteiger charge is -2.24. The van der Waals surface area contributed by atoms with E-state index in [1.165, 1.54) is 11.8 Å². The number of halogens is 1.